The molecule has 3 fully saturated rings. The molecule has 0 aromatic rings. The summed E-state index contributed by atoms with van der Waals surface area (Å²) in [7, 11) is 0. The van der Waals surface area contributed by atoms with Crippen molar-refractivity contribution in [2.45, 2.75) is 50.7 Å². The van der Waals surface area contributed by atoms with Gasteiger partial charge in [0, 0.05) is 24.2 Å². The molecule has 2 nitrogen and oxygen atoms in total. The van der Waals surface area contributed by atoms with Crippen LogP contribution >= 0.6 is 0 Å². The number of nitrogens with two attached hydrogens (primary N) is 1. The number of piperidine rings is 1. The summed E-state index contributed by atoms with van der Waals surface area (Å²) in [6.07, 6.45) is 4.12. The van der Waals surface area contributed by atoms with Gasteiger partial charge in [-0.1, -0.05) is 13.8 Å². The van der Waals surface area contributed by atoms with E-state index in [0.717, 1.165) is 6.04 Å². The van der Waals surface area contributed by atoms with Gasteiger partial charge in [-0.25, -0.2) is 0 Å². The third-order valence-electron chi connectivity index (χ3n) is 3.44. The Morgan fingerprint density at radius 1 is 1.36 bits per heavy atom. The van der Waals surface area contributed by atoms with E-state index in [-0.39, 0.29) is 0 Å². The van der Waals surface area contributed by atoms with Crippen LogP contribution in [-0.2, 0) is 0 Å². The Morgan fingerprint density at radius 3 is 2.18 bits per heavy atom. The summed E-state index contributed by atoms with van der Waals surface area (Å²) in [5.41, 5.74) is 6.52. The highest BCUT2D eigenvalue weighted by Crippen LogP contribution is 2.58. The maximum atomic E-state index is 5.96. The molecule has 2 saturated heterocycles. The molecule has 0 aromatic carbocycles. The van der Waals surface area contributed by atoms with Crippen LogP contribution in [0.5, 0.6) is 0 Å². The molecule has 2 heteroatoms. The van der Waals surface area contributed by atoms with Crippen LogP contribution in [0.3, 0.4) is 0 Å². The average Bonchev–Trinajstić information content (AvgIpc) is 2.73. The minimum Gasteiger partial charge on any atom is -0.325 e. The van der Waals surface area contributed by atoms with Gasteiger partial charge in [0.25, 0.3) is 0 Å². The zero-order valence-electron chi connectivity index (χ0n) is 7.51. The molecule has 2 aliphatic heterocycles. The van der Waals surface area contributed by atoms with E-state index in [0.29, 0.717) is 11.6 Å². The van der Waals surface area contributed by atoms with E-state index >= 15 is 0 Å². The maximum Gasteiger partial charge on any atom is 0.0385 e. The molecule has 2 N–H and O–H groups in total. The zero-order chi connectivity index (χ0) is 8.06. The summed E-state index contributed by atoms with van der Waals surface area (Å²) in [5, 5.41) is 0. The lowest BCUT2D eigenvalue weighted by molar-refractivity contribution is -0.104. The van der Waals surface area contributed by atoms with Crippen LogP contribution in [0.1, 0.15) is 33.1 Å². The predicted octanol–water partition coefficient (Wildman–Crippen LogP) is 0.960. The van der Waals surface area contributed by atoms with Crippen LogP contribution in [0, 0.1) is 0 Å². The van der Waals surface area contributed by atoms with Gasteiger partial charge >= 0.3 is 0 Å². The van der Waals surface area contributed by atoms with Crippen LogP contribution in [0.15, 0.2) is 0 Å². The lowest BCUT2D eigenvalue weighted by Crippen LogP contribution is -2.79. The van der Waals surface area contributed by atoms with E-state index in [9.17, 15) is 0 Å². The number of nitrogens with zero attached hydrogens (tertiary/aromatic N) is 1. The van der Waals surface area contributed by atoms with Crippen LogP contribution in [0.4, 0.5) is 0 Å². The van der Waals surface area contributed by atoms with Crippen molar-refractivity contribution in [2.24, 2.45) is 5.73 Å². The summed E-state index contributed by atoms with van der Waals surface area (Å²) in [6, 6.07) is 1.35. The fourth-order valence-corrected chi connectivity index (χ4v) is 2.55. The van der Waals surface area contributed by atoms with E-state index < -0.39 is 0 Å². The Kier molecular flexibility index (Phi) is 1.52. The first-order valence-electron chi connectivity index (χ1n) is 4.87. The highest BCUT2D eigenvalue weighted by molar-refractivity contribution is 5.27. The second-order valence-electron chi connectivity index (χ2n) is 3.68. The van der Waals surface area contributed by atoms with Gasteiger partial charge in [-0.3, -0.25) is 4.90 Å². The summed E-state index contributed by atoms with van der Waals surface area (Å²) in [5.74, 6) is 0. The van der Waals surface area contributed by atoms with Gasteiger partial charge in [0.2, 0.25) is 0 Å². The smallest absolute Gasteiger partial charge is 0.0385 e. The molecular formula is C9H18N2. The zero-order valence-corrected chi connectivity index (χ0v) is 7.51. The Labute approximate surface area is 68.7 Å². The van der Waals surface area contributed by atoms with Crippen molar-refractivity contribution in [2.75, 3.05) is 6.54 Å². The fourth-order valence-electron chi connectivity index (χ4n) is 2.55. The average molecular weight is 154 g/mol. The van der Waals surface area contributed by atoms with Crippen molar-refractivity contribution in [1.29, 1.82) is 0 Å². The first-order chi connectivity index (χ1) is 5.34. The van der Waals surface area contributed by atoms with Gasteiger partial charge < -0.3 is 5.73 Å². The minimum absolute atomic E-state index is 0.547. The predicted molar refractivity (Wildman–Crippen MR) is 46.4 cm³/mol. The monoisotopic (exact) mass is 154 g/mol. The second-order valence-corrected chi connectivity index (χ2v) is 3.68. The number of rotatable bonds is 0. The molecule has 2 unspecified atom stereocenters. The number of fused-ring (bicyclic) bond motifs is 2. The first-order valence-corrected chi connectivity index (χ1v) is 4.87. The molecule has 64 valence electrons. The van der Waals surface area contributed by atoms with E-state index in [1.165, 1.54) is 25.8 Å². The number of hydrogen-bond acceptors (Lipinski definition) is 2. The van der Waals surface area contributed by atoms with Crippen LogP contribution < -0.4 is 5.73 Å². The van der Waals surface area contributed by atoms with Gasteiger partial charge in [-0.2, -0.15) is 0 Å². The minimum atomic E-state index is 0.547. The third-order valence-corrected chi connectivity index (χ3v) is 3.44. The van der Waals surface area contributed by atoms with Crippen LogP contribution in [0.2, 0.25) is 0 Å². The lowest BCUT2D eigenvalue weighted by atomic mass is 9.76. The molecule has 11 heavy (non-hydrogen) atoms. The van der Waals surface area contributed by atoms with E-state index in [2.05, 4.69) is 4.90 Å². The highest BCUT2D eigenvalue weighted by atomic mass is 15.4. The van der Waals surface area contributed by atoms with Gasteiger partial charge in [0.05, 0.1) is 0 Å². The Bertz CT molecular complexity index is 155. The van der Waals surface area contributed by atoms with Crippen molar-refractivity contribution in [3.63, 3.8) is 0 Å². The SMILES string of the molecule is CC.NC1C2CCN2C12CC2. The molecule has 3 rings (SSSR count). The van der Waals surface area contributed by atoms with E-state index in [1.807, 2.05) is 13.8 Å². The van der Waals surface area contributed by atoms with Crippen LogP contribution in [-0.4, -0.2) is 29.1 Å². The molecule has 0 aromatic heterocycles. The Morgan fingerprint density at radius 2 is 2.00 bits per heavy atom. The van der Waals surface area contributed by atoms with E-state index in [4.69, 9.17) is 5.73 Å². The highest BCUT2D eigenvalue weighted by Gasteiger charge is 2.68. The molecule has 0 radical (unpaired) electrons. The van der Waals surface area contributed by atoms with E-state index in [1.54, 1.807) is 0 Å². The second kappa shape index (κ2) is 2.20. The molecular weight excluding hydrogens is 136 g/mol. The molecule has 3 aliphatic rings. The lowest BCUT2D eigenvalue weighted by Gasteiger charge is -2.62. The standard InChI is InChI=1S/C7H12N2.C2H6/c8-6-5-1-4-9(5)7(6)2-3-7;1-2/h5-6H,1-4,8H2;1-2H3. The van der Waals surface area contributed by atoms with Crippen molar-refractivity contribution in [3.05, 3.63) is 0 Å². The van der Waals surface area contributed by atoms with Crippen LogP contribution in [0.25, 0.3) is 0 Å². The molecule has 1 saturated carbocycles. The fraction of sp³-hybridized carbons (Fsp3) is 1.00. The third kappa shape index (κ3) is 0.695. The Balaban J connectivity index is 0.000000224. The summed E-state index contributed by atoms with van der Waals surface area (Å²) < 4.78 is 0. The normalized spacial score (nSPS) is 42.8. The summed E-state index contributed by atoms with van der Waals surface area (Å²) in [6.45, 7) is 5.33. The molecule has 1 spiro atoms. The summed E-state index contributed by atoms with van der Waals surface area (Å²) >= 11 is 0. The quantitative estimate of drug-likeness (QED) is 0.563. The maximum absolute atomic E-state index is 5.96. The summed E-state index contributed by atoms with van der Waals surface area (Å²) in [4.78, 5) is 2.59. The Hall–Kier alpha value is -0.0800. The molecule has 0 amide bonds. The van der Waals surface area contributed by atoms with Crippen molar-refractivity contribution >= 4 is 0 Å². The molecule has 0 bridgehead atoms. The van der Waals surface area contributed by atoms with Crippen molar-refractivity contribution < 1.29 is 0 Å². The first kappa shape index (κ1) is 7.56. The van der Waals surface area contributed by atoms with Gasteiger partial charge in [-0.15, -0.1) is 0 Å². The molecule has 2 heterocycles. The van der Waals surface area contributed by atoms with Crippen molar-refractivity contribution in [3.8, 4) is 0 Å². The number of hydrogen-bond donors (Lipinski definition) is 1. The molecule has 2 atom stereocenters. The van der Waals surface area contributed by atoms with Gasteiger partial charge in [0.15, 0.2) is 0 Å². The van der Waals surface area contributed by atoms with Gasteiger partial charge in [0.1, 0.15) is 0 Å². The molecule has 1 aliphatic carbocycles. The van der Waals surface area contributed by atoms with Crippen molar-refractivity contribution in [1.82, 2.24) is 4.90 Å². The van der Waals surface area contributed by atoms with Gasteiger partial charge in [-0.05, 0) is 19.3 Å². The topological polar surface area (TPSA) is 29.3 Å². The largest absolute Gasteiger partial charge is 0.325 e.